The predicted molar refractivity (Wildman–Crippen MR) is 76.5 cm³/mol. The molecule has 0 aromatic carbocycles. The maximum Gasteiger partial charge on any atom is 0.229 e. The first kappa shape index (κ1) is 13.6. The molecule has 1 amide bonds. The van der Waals surface area contributed by atoms with Crippen LogP contribution in [0.3, 0.4) is 0 Å². The van der Waals surface area contributed by atoms with Gasteiger partial charge in [-0.1, -0.05) is 6.07 Å². The van der Waals surface area contributed by atoms with E-state index in [9.17, 15) is 4.79 Å². The van der Waals surface area contributed by atoms with Gasteiger partial charge in [0.2, 0.25) is 5.91 Å². The van der Waals surface area contributed by atoms with Crippen molar-refractivity contribution in [3.63, 3.8) is 0 Å². The van der Waals surface area contributed by atoms with E-state index >= 15 is 0 Å². The number of ether oxygens (including phenoxy) is 1. The molecule has 2 atom stereocenters. The number of nitrogens with one attached hydrogen (secondary N) is 1. The fraction of sp³-hybridized carbons (Fsp3) is 0.625. The molecular formula is C16H22N2O2. The summed E-state index contributed by atoms with van der Waals surface area (Å²) in [4.78, 5) is 16.9. The van der Waals surface area contributed by atoms with E-state index in [0.717, 1.165) is 38.0 Å². The topological polar surface area (TPSA) is 51.2 Å². The molecule has 3 rings (SSSR count). The molecule has 4 heteroatoms. The van der Waals surface area contributed by atoms with Crippen LogP contribution in [0.5, 0.6) is 0 Å². The van der Waals surface area contributed by atoms with Gasteiger partial charge in [0.05, 0.1) is 17.2 Å². The average molecular weight is 274 g/mol. The summed E-state index contributed by atoms with van der Waals surface area (Å²) in [6, 6.07) is 4.24. The minimum absolute atomic E-state index is 0.0721. The van der Waals surface area contributed by atoms with Crippen molar-refractivity contribution in [2.24, 2.45) is 0 Å². The normalized spacial score (nSPS) is 27.9. The Bertz CT molecular complexity index is 513. The molecule has 0 radical (unpaired) electrons. The monoisotopic (exact) mass is 274 g/mol. The van der Waals surface area contributed by atoms with Crippen LogP contribution in [0.4, 0.5) is 0 Å². The van der Waals surface area contributed by atoms with Gasteiger partial charge in [-0.3, -0.25) is 9.78 Å². The molecule has 0 bridgehead atoms. The van der Waals surface area contributed by atoms with Gasteiger partial charge >= 0.3 is 0 Å². The fourth-order valence-corrected chi connectivity index (χ4v) is 3.32. The van der Waals surface area contributed by atoms with Crippen LogP contribution >= 0.6 is 0 Å². The molecule has 4 nitrogen and oxygen atoms in total. The molecule has 108 valence electrons. The molecule has 20 heavy (non-hydrogen) atoms. The molecule has 1 saturated heterocycles. The maximum absolute atomic E-state index is 12.5. The van der Waals surface area contributed by atoms with Crippen LogP contribution in [0, 0.1) is 0 Å². The average Bonchev–Trinajstić information content (AvgIpc) is 2.81. The number of aryl methyl sites for hydroxylation is 1. The number of carbonyl (C=O) groups excluding carboxylic acids is 1. The van der Waals surface area contributed by atoms with Crippen molar-refractivity contribution in [3.8, 4) is 0 Å². The van der Waals surface area contributed by atoms with Crippen LogP contribution in [0.25, 0.3) is 0 Å². The molecular weight excluding hydrogens is 252 g/mol. The third kappa shape index (κ3) is 2.70. The zero-order valence-corrected chi connectivity index (χ0v) is 12.2. The predicted octanol–water partition coefficient (Wildman–Crippen LogP) is 2.19. The highest BCUT2D eigenvalue weighted by atomic mass is 16.5. The lowest BCUT2D eigenvalue weighted by Gasteiger charge is -2.36. The molecule has 1 fully saturated rings. The summed E-state index contributed by atoms with van der Waals surface area (Å²) >= 11 is 0. The highest BCUT2D eigenvalue weighted by Crippen LogP contribution is 2.32. The first-order valence-corrected chi connectivity index (χ1v) is 7.43. The lowest BCUT2D eigenvalue weighted by atomic mass is 9.93. The molecule has 1 aliphatic carbocycles. The Kier molecular flexibility index (Phi) is 3.50. The summed E-state index contributed by atoms with van der Waals surface area (Å²) in [7, 11) is 0. The summed E-state index contributed by atoms with van der Waals surface area (Å²) in [5.41, 5.74) is 2.05. The molecule has 0 unspecified atom stereocenters. The van der Waals surface area contributed by atoms with Gasteiger partial charge in [0.25, 0.3) is 0 Å². The molecule has 0 spiro atoms. The van der Waals surface area contributed by atoms with Crippen LogP contribution in [0.2, 0.25) is 0 Å². The van der Waals surface area contributed by atoms with Gasteiger partial charge in [-0.15, -0.1) is 0 Å². The molecule has 0 saturated carbocycles. The molecule has 1 aliphatic heterocycles. The highest BCUT2D eigenvalue weighted by Gasteiger charge is 2.34. The quantitative estimate of drug-likeness (QED) is 0.899. The Labute approximate surface area is 119 Å². The number of pyridine rings is 1. The summed E-state index contributed by atoms with van der Waals surface area (Å²) in [6.45, 7) is 4.88. The molecule has 1 aromatic rings. The second-order valence-corrected chi connectivity index (χ2v) is 6.45. The van der Waals surface area contributed by atoms with E-state index in [1.54, 1.807) is 6.20 Å². The van der Waals surface area contributed by atoms with Gasteiger partial charge in [0.15, 0.2) is 0 Å². The fourth-order valence-electron chi connectivity index (χ4n) is 3.32. The number of rotatable bonds is 2. The van der Waals surface area contributed by atoms with Crippen molar-refractivity contribution in [3.05, 3.63) is 29.6 Å². The molecule has 1 N–H and O–H groups in total. The largest absolute Gasteiger partial charge is 0.375 e. The summed E-state index contributed by atoms with van der Waals surface area (Å²) in [5, 5.41) is 3.20. The van der Waals surface area contributed by atoms with E-state index in [0.29, 0.717) is 0 Å². The summed E-state index contributed by atoms with van der Waals surface area (Å²) in [6.07, 6.45) is 5.39. The zero-order valence-electron chi connectivity index (χ0n) is 12.2. The lowest BCUT2D eigenvalue weighted by molar-refractivity contribution is -0.125. The third-order valence-electron chi connectivity index (χ3n) is 4.32. The lowest BCUT2D eigenvalue weighted by Crippen LogP contribution is -2.46. The number of nitrogens with zero attached hydrogens (tertiary/aromatic N) is 1. The van der Waals surface area contributed by atoms with Gasteiger partial charge in [-0.05, 0) is 51.2 Å². The van der Waals surface area contributed by atoms with Gasteiger partial charge in [0, 0.05) is 18.8 Å². The Morgan fingerprint density at radius 2 is 2.30 bits per heavy atom. The summed E-state index contributed by atoms with van der Waals surface area (Å²) < 4.78 is 5.70. The number of amides is 1. The number of hydrogen-bond donors (Lipinski definition) is 1. The number of aromatic nitrogens is 1. The van der Waals surface area contributed by atoms with Crippen molar-refractivity contribution in [1.29, 1.82) is 0 Å². The smallest absolute Gasteiger partial charge is 0.229 e. The van der Waals surface area contributed by atoms with E-state index in [4.69, 9.17) is 4.74 Å². The number of hydrogen-bond acceptors (Lipinski definition) is 3. The van der Waals surface area contributed by atoms with Crippen LogP contribution < -0.4 is 5.32 Å². The van der Waals surface area contributed by atoms with E-state index in [-0.39, 0.29) is 23.5 Å². The highest BCUT2D eigenvalue weighted by molar-refractivity contribution is 5.84. The third-order valence-corrected chi connectivity index (χ3v) is 4.32. The minimum Gasteiger partial charge on any atom is -0.375 e. The maximum atomic E-state index is 12.5. The number of carbonyl (C=O) groups is 1. The van der Waals surface area contributed by atoms with E-state index in [1.807, 2.05) is 6.07 Å². The van der Waals surface area contributed by atoms with Crippen LogP contribution in [-0.4, -0.2) is 29.1 Å². The van der Waals surface area contributed by atoms with Crippen molar-refractivity contribution < 1.29 is 9.53 Å². The Morgan fingerprint density at radius 1 is 1.45 bits per heavy atom. The van der Waals surface area contributed by atoms with Gasteiger partial charge in [0.1, 0.15) is 0 Å². The van der Waals surface area contributed by atoms with E-state index < -0.39 is 0 Å². The van der Waals surface area contributed by atoms with Crippen molar-refractivity contribution in [2.75, 3.05) is 6.61 Å². The van der Waals surface area contributed by atoms with Crippen molar-refractivity contribution in [1.82, 2.24) is 10.3 Å². The summed E-state index contributed by atoms with van der Waals surface area (Å²) in [5.74, 6) is 0.0577. The number of fused-ring (bicyclic) bond motifs is 1. The second kappa shape index (κ2) is 5.17. The molecule has 2 heterocycles. The van der Waals surface area contributed by atoms with Crippen molar-refractivity contribution >= 4 is 5.91 Å². The first-order chi connectivity index (χ1) is 9.55. The molecule has 2 aliphatic rings. The van der Waals surface area contributed by atoms with Crippen molar-refractivity contribution in [2.45, 2.75) is 57.1 Å². The second-order valence-electron chi connectivity index (χ2n) is 6.45. The standard InChI is InChI=1S/C16H22N2O2/c1-16(2)10-12(7-9-20-16)18-15(19)13-6-5-11-4-3-8-17-14(11)13/h3-4,8,12-13H,5-7,9-10H2,1-2H3,(H,18,19)/t12-,13-/m0/s1. The van der Waals surface area contributed by atoms with E-state index in [2.05, 4.69) is 30.2 Å². The van der Waals surface area contributed by atoms with Gasteiger partial charge < -0.3 is 10.1 Å². The van der Waals surface area contributed by atoms with E-state index in [1.165, 1.54) is 5.56 Å². The Balaban J connectivity index is 1.66. The Morgan fingerprint density at radius 3 is 3.10 bits per heavy atom. The Hall–Kier alpha value is -1.42. The van der Waals surface area contributed by atoms with Gasteiger partial charge in [-0.2, -0.15) is 0 Å². The SMILES string of the molecule is CC1(C)C[C@@H](NC(=O)[C@H]2CCc3cccnc32)CCO1. The first-order valence-electron chi connectivity index (χ1n) is 7.43. The minimum atomic E-state index is -0.137. The van der Waals surface area contributed by atoms with Crippen LogP contribution in [-0.2, 0) is 16.0 Å². The van der Waals surface area contributed by atoms with Crippen LogP contribution in [0.1, 0.15) is 50.3 Å². The van der Waals surface area contributed by atoms with Gasteiger partial charge in [-0.25, -0.2) is 0 Å². The van der Waals surface area contributed by atoms with Crippen LogP contribution in [0.15, 0.2) is 18.3 Å². The zero-order chi connectivity index (χ0) is 14.2. The molecule has 1 aromatic heterocycles.